The Balaban J connectivity index is 1.31. The molecule has 0 radical (unpaired) electrons. The van der Waals surface area contributed by atoms with Crippen molar-refractivity contribution in [2.24, 2.45) is 0 Å². The van der Waals surface area contributed by atoms with Crippen molar-refractivity contribution in [1.29, 1.82) is 0 Å². The van der Waals surface area contributed by atoms with Crippen LogP contribution in [0.2, 0.25) is 0 Å². The van der Waals surface area contributed by atoms with Gasteiger partial charge in [-0.2, -0.15) is 0 Å². The van der Waals surface area contributed by atoms with Gasteiger partial charge in [0.1, 0.15) is 5.75 Å². The van der Waals surface area contributed by atoms with Crippen molar-refractivity contribution in [2.75, 3.05) is 31.2 Å². The number of nitrogens with one attached hydrogen (secondary N) is 1. The molecule has 5 nitrogen and oxygen atoms in total. The summed E-state index contributed by atoms with van der Waals surface area (Å²) in [6, 6.07) is 14.7. The molecule has 0 saturated carbocycles. The van der Waals surface area contributed by atoms with E-state index in [1.54, 1.807) is 0 Å². The molecule has 0 unspecified atom stereocenters. The number of hydrogen-bond donors (Lipinski definition) is 1. The third-order valence-electron chi connectivity index (χ3n) is 6.04. The van der Waals surface area contributed by atoms with E-state index in [0.717, 1.165) is 50.5 Å². The topological polar surface area (TPSA) is 50.8 Å². The summed E-state index contributed by atoms with van der Waals surface area (Å²) in [5.74, 6) is 0.736. The first-order valence-electron chi connectivity index (χ1n) is 11.2. The predicted molar refractivity (Wildman–Crippen MR) is 119 cm³/mol. The van der Waals surface area contributed by atoms with E-state index in [1.807, 2.05) is 13.0 Å². The predicted octanol–water partition coefficient (Wildman–Crippen LogP) is 3.88. The minimum absolute atomic E-state index is 0.0625. The van der Waals surface area contributed by atoms with Crippen molar-refractivity contribution in [3.63, 3.8) is 0 Å². The second-order valence-electron chi connectivity index (χ2n) is 8.14. The third-order valence-corrected chi connectivity index (χ3v) is 6.04. The number of rotatable bonds is 7. The van der Waals surface area contributed by atoms with Crippen LogP contribution in [0.25, 0.3) is 0 Å². The van der Waals surface area contributed by atoms with Gasteiger partial charge >= 0.3 is 0 Å². The Morgan fingerprint density at radius 3 is 2.53 bits per heavy atom. The van der Waals surface area contributed by atoms with Crippen LogP contribution in [0.15, 0.2) is 42.5 Å². The largest absolute Gasteiger partial charge is 0.481 e. The molecule has 0 aromatic heterocycles. The molecule has 1 saturated heterocycles. The molecule has 1 heterocycles. The van der Waals surface area contributed by atoms with Crippen LogP contribution in [0.4, 0.5) is 5.69 Å². The number of aryl methyl sites for hydroxylation is 2. The Morgan fingerprint density at radius 1 is 1.07 bits per heavy atom. The maximum atomic E-state index is 12.7. The van der Waals surface area contributed by atoms with Crippen LogP contribution in [-0.4, -0.2) is 38.3 Å². The van der Waals surface area contributed by atoms with Gasteiger partial charge in [0.25, 0.3) is 5.91 Å². The van der Waals surface area contributed by atoms with E-state index in [2.05, 4.69) is 46.6 Å². The van der Waals surface area contributed by atoms with Crippen molar-refractivity contribution < 1.29 is 14.3 Å². The summed E-state index contributed by atoms with van der Waals surface area (Å²) < 4.78 is 11.5. The van der Waals surface area contributed by atoms with E-state index in [1.165, 1.54) is 29.7 Å². The van der Waals surface area contributed by atoms with E-state index < -0.39 is 6.10 Å². The summed E-state index contributed by atoms with van der Waals surface area (Å²) in [4.78, 5) is 15.0. The quantitative estimate of drug-likeness (QED) is 0.756. The molecule has 1 aliphatic heterocycles. The molecular formula is C25H32N2O3. The lowest BCUT2D eigenvalue weighted by atomic mass is 9.92. The molecule has 0 bridgehead atoms. The van der Waals surface area contributed by atoms with Crippen molar-refractivity contribution >= 4 is 11.6 Å². The smallest absolute Gasteiger partial charge is 0.261 e. The fourth-order valence-corrected chi connectivity index (χ4v) is 4.22. The second-order valence-corrected chi connectivity index (χ2v) is 8.14. The lowest BCUT2D eigenvalue weighted by molar-refractivity contribution is -0.128. The second kappa shape index (κ2) is 9.98. The first-order chi connectivity index (χ1) is 14.7. The molecule has 160 valence electrons. The summed E-state index contributed by atoms with van der Waals surface area (Å²) in [6.07, 6.45) is 4.92. The van der Waals surface area contributed by atoms with E-state index in [4.69, 9.17) is 9.47 Å². The molecule has 1 amide bonds. The van der Waals surface area contributed by atoms with Crippen LogP contribution >= 0.6 is 0 Å². The monoisotopic (exact) mass is 408 g/mol. The Bertz CT molecular complexity index is 844. The van der Waals surface area contributed by atoms with Gasteiger partial charge in [-0.25, -0.2) is 0 Å². The van der Waals surface area contributed by atoms with Gasteiger partial charge in [-0.3, -0.25) is 4.79 Å². The number of morpholine rings is 1. The number of anilines is 1. The fraction of sp³-hybridized carbons (Fsp3) is 0.480. The van der Waals surface area contributed by atoms with E-state index >= 15 is 0 Å². The van der Waals surface area contributed by atoms with Crippen LogP contribution in [-0.2, 0) is 28.9 Å². The maximum absolute atomic E-state index is 12.7. The Hall–Kier alpha value is -2.53. The van der Waals surface area contributed by atoms with Crippen LogP contribution in [0.5, 0.6) is 5.75 Å². The zero-order chi connectivity index (χ0) is 20.8. The average Bonchev–Trinajstić information content (AvgIpc) is 2.82. The van der Waals surface area contributed by atoms with Gasteiger partial charge in [0, 0.05) is 25.3 Å². The molecule has 2 aromatic rings. The molecule has 2 aliphatic rings. The molecular weight excluding hydrogens is 376 g/mol. The molecule has 1 fully saturated rings. The number of hydrogen-bond acceptors (Lipinski definition) is 4. The summed E-state index contributed by atoms with van der Waals surface area (Å²) in [5.41, 5.74) is 5.08. The van der Waals surface area contributed by atoms with E-state index in [-0.39, 0.29) is 5.91 Å². The fourth-order valence-electron chi connectivity index (χ4n) is 4.22. The Kier molecular flexibility index (Phi) is 6.90. The number of carbonyl (C=O) groups excluding carboxylic acids is 1. The maximum Gasteiger partial charge on any atom is 0.261 e. The van der Waals surface area contributed by atoms with Gasteiger partial charge in [0.2, 0.25) is 0 Å². The summed E-state index contributed by atoms with van der Waals surface area (Å²) in [5, 5.41) is 3.03. The van der Waals surface area contributed by atoms with E-state index in [0.29, 0.717) is 13.0 Å². The normalized spacial score (nSPS) is 17.2. The zero-order valence-electron chi connectivity index (χ0n) is 17.9. The molecule has 4 rings (SSSR count). The van der Waals surface area contributed by atoms with Gasteiger partial charge < -0.3 is 19.7 Å². The van der Waals surface area contributed by atoms with E-state index in [9.17, 15) is 4.79 Å². The molecule has 30 heavy (non-hydrogen) atoms. The minimum atomic E-state index is -0.473. The molecule has 1 N–H and O–H groups in total. The standard InChI is InChI=1S/C25H32N2O3/c1-2-24(30-23-12-9-20-5-3-4-6-21(20)17-23)25(28)26-18-19-7-10-22(11-8-19)27-13-15-29-16-14-27/h7-12,17,24H,2-6,13-16,18H2,1H3,(H,26,28)/t24-/m1/s1. The molecule has 2 aromatic carbocycles. The zero-order valence-corrected chi connectivity index (χ0v) is 17.9. The Labute approximate surface area is 179 Å². The highest BCUT2D eigenvalue weighted by molar-refractivity contribution is 5.81. The summed E-state index contributed by atoms with van der Waals surface area (Å²) >= 11 is 0. The number of benzene rings is 2. The first-order valence-corrected chi connectivity index (χ1v) is 11.2. The average molecular weight is 409 g/mol. The van der Waals surface area contributed by atoms with Crippen molar-refractivity contribution in [3.05, 3.63) is 59.2 Å². The third kappa shape index (κ3) is 5.14. The minimum Gasteiger partial charge on any atom is -0.481 e. The van der Waals surface area contributed by atoms with Crippen molar-refractivity contribution in [2.45, 2.75) is 51.7 Å². The summed E-state index contributed by atoms with van der Waals surface area (Å²) in [6.45, 7) is 5.90. The number of nitrogens with zero attached hydrogens (tertiary/aromatic N) is 1. The van der Waals surface area contributed by atoms with Gasteiger partial charge in [-0.15, -0.1) is 0 Å². The van der Waals surface area contributed by atoms with Gasteiger partial charge in [0.05, 0.1) is 13.2 Å². The number of ether oxygens (including phenoxy) is 2. The van der Waals surface area contributed by atoms with Crippen molar-refractivity contribution in [3.8, 4) is 5.75 Å². The van der Waals surface area contributed by atoms with Crippen molar-refractivity contribution in [1.82, 2.24) is 5.32 Å². The highest BCUT2D eigenvalue weighted by atomic mass is 16.5. The van der Waals surface area contributed by atoms with Gasteiger partial charge in [-0.05, 0) is 73.1 Å². The molecule has 1 aliphatic carbocycles. The van der Waals surface area contributed by atoms with Gasteiger partial charge in [-0.1, -0.05) is 25.1 Å². The SMILES string of the molecule is CC[C@@H](Oc1ccc2c(c1)CCCC2)C(=O)NCc1ccc(N2CCOCC2)cc1. The molecule has 0 spiro atoms. The van der Waals surface area contributed by atoms with Gasteiger partial charge in [0.15, 0.2) is 6.10 Å². The van der Waals surface area contributed by atoms with Crippen LogP contribution < -0.4 is 15.0 Å². The number of carbonyl (C=O) groups is 1. The van der Waals surface area contributed by atoms with Crippen LogP contribution in [0.3, 0.4) is 0 Å². The lowest BCUT2D eigenvalue weighted by Gasteiger charge is -2.29. The van der Waals surface area contributed by atoms with Crippen LogP contribution in [0.1, 0.15) is 42.9 Å². The number of fused-ring (bicyclic) bond motifs is 1. The highest BCUT2D eigenvalue weighted by Gasteiger charge is 2.19. The van der Waals surface area contributed by atoms with Crippen LogP contribution in [0, 0.1) is 0 Å². The number of amides is 1. The summed E-state index contributed by atoms with van der Waals surface area (Å²) in [7, 11) is 0. The first kappa shape index (κ1) is 20.7. The highest BCUT2D eigenvalue weighted by Crippen LogP contribution is 2.26. The Morgan fingerprint density at radius 2 is 1.80 bits per heavy atom. The molecule has 1 atom stereocenters. The lowest BCUT2D eigenvalue weighted by Crippen LogP contribution is -2.37. The molecule has 5 heteroatoms.